The molecule has 0 spiro atoms. The number of halogens is 2. The summed E-state index contributed by atoms with van der Waals surface area (Å²) in [7, 11) is 2.83. The molecular formula is C34H32Cl2CoN6NaO8+. The number of carbonyl (C=O) groups is 4. The molecule has 2 amide bonds. The van der Waals surface area contributed by atoms with E-state index >= 15 is 0 Å². The van der Waals surface area contributed by atoms with Gasteiger partial charge in [0.2, 0.25) is 23.4 Å². The van der Waals surface area contributed by atoms with Crippen molar-refractivity contribution in [2.45, 2.75) is 25.7 Å². The van der Waals surface area contributed by atoms with Crippen LogP contribution in [-0.4, -0.2) is 72.3 Å². The van der Waals surface area contributed by atoms with E-state index in [-0.39, 0.29) is 126 Å². The van der Waals surface area contributed by atoms with E-state index in [0.29, 0.717) is 37.3 Å². The van der Waals surface area contributed by atoms with Gasteiger partial charge in [-0.25, -0.2) is 0 Å². The van der Waals surface area contributed by atoms with Gasteiger partial charge in [0, 0.05) is 66.2 Å². The number of aromatic hydroxyl groups is 2. The number of nitrogens with one attached hydrogen (secondary N) is 2. The molecule has 0 aromatic heterocycles. The molecule has 18 heteroatoms. The van der Waals surface area contributed by atoms with E-state index < -0.39 is 0 Å². The van der Waals surface area contributed by atoms with Crippen LogP contribution in [0.15, 0.2) is 92.5 Å². The minimum atomic E-state index is -0.376. The Kier molecular flexibility index (Phi) is 15.6. The van der Waals surface area contributed by atoms with Crippen LogP contribution >= 0.6 is 23.2 Å². The summed E-state index contributed by atoms with van der Waals surface area (Å²) in [5.74, 6) is -0.239. The number of hydrogen-bond acceptors (Lipinski definition) is 12. The van der Waals surface area contributed by atoms with Crippen LogP contribution in [0.1, 0.15) is 25.7 Å². The summed E-state index contributed by atoms with van der Waals surface area (Å²) in [6.45, 7) is 1.28. The Bertz CT molecular complexity index is 1810. The summed E-state index contributed by atoms with van der Waals surface area (Å²) >= 11 is 12.0. The van der Waals surface area contributed by atoms with Crippen molar-refractivity contribution in [3.8, 4) is 11.5 Å². The number of carbonyl (C=O) groups excluding carboxylic acids is 4. The maximum absolute atomic E-state index is 12.0. The van der Waals surface area contributed by atoms with Crippen LogP contribution in [0.25, 0.3) is 0 Å². The molecule has 52 heavy (non-hydrogen) atoms. The van der Waals surface area contributed by atoms with Crippen LogP contribution in [0.3, 0.4) is 0 Å². The molecule has 14 nitrogen and oxygen atoms in total. The average molecular weight is 805 g/mol. The van der Waals surface area contributed by atoms with Crippen molar-refractivity contribution >= 4 is 80.8 Å². The van der Waals surface area contributed by atoms with Crippen molar-refractivity contribution in [1.82, 2.24) is 0 Å². The number of phenolic OH excluding ortho intramolecular Hbond substituents is 2. The zero-order valence-electron chi connectivity index (χ0n) is 28.2. The Morgan fingerprint density at radius 3 is 1.38 bits per heavy atom. The Morgan fingerprint density at radius 1 is 0.673 bits per heavy atom. The van der Waals surface area contributed by atoms with E-state index in [4.69, 9.17) is 32.7 Å². The van der Waals surface area contributed by atoms with E-state index in [0.717, 1.165) is 12.8 Å². The molecule has 2 aromatic carbocycles. The molecule has 2 aliphatic carbocycles. The van der Waals surface area contributed by atoms with Gasteiger partial charge in [0.15, 0.2) is 0 Å². The molecule has 2 aliphatic heterocycles. The molecule has 2 saturated heterocycles. The maximum atomic E-state index is 12.0. The molecule has 6 rings (SSSR count). The van der Waals surface area contributed by atoms with Crippen LogP contribution in [0.4, 0.5) is 22.7 Å². The standard InChI is InChI=1S/2C17H16ClN3O4.Co.Na/c2*1-25-16-9-15(23)13(8-11(16)18)20-19-12-7-10(4-5-14(12)22)21-6-2-3-17(21)24;;/h2*4-5,7-9,19,22H,2-3,6H2,1H3;;/q;;;+1/b2*20-13-;;. The van der Waals surface area contributed by atoms with Crippen LogP contribution in [-0.2, 0) is 45.4 Å². The predicted octanol–water partition coefficient (Wildman–Crippen LogP) is 2.05. The molecule has 4 aliphatic rings. The zero-order valence-corrected chi connectivity index (χ0v) is 32.8. The van der Waals surface area contributed by atoms with Crippen molar-refractivity contribution < 1.29 is 85.2 Å². The smallest absolute Gasteiger partial charge is 0.506 e. The van der Waals surface area contributed by atoms with E-state index in [9.17, 15) is 29.4 Å². The molecule has 4 N–H and O–H groups in total. The molecular weight excluding hydrogens is 773 g/mol. The monoisotopic (exact) mass is 804 g/mol. The third kappa shape index (κ3) is 10.1. The van der Waals surface area contributed by atoms with Gasteiger partial charge >= 0.3 is 29.6 Å². The second kappa shape index (κ2) is 19.1. The van der Waals surface area contributed by atoms with Crippen molar-refractivity contribution in [2.75, 3.05) is 48.0 Å². The maximum Gasteiger partial charge on any atom is 1.00 e. The van der Waals surface area contributed by atoms with Crippen LogP contribution in [0.2, 0.25) is 0 Å². The molecule has 2 heterocycles. The Hall–Kier alpha value is -4.09. The Balaban J connectivity index is 0.000000270. The first-order chi connectivity index (χ1) is 24.0. The number of ether oxygens (including phenoxy) is 2. The predicted molar refractivity (Wildman–Crippen MR) is 190 cm³/mol. The van der Waals surface area contributed by atoms with E-state index in [1.165, 1.54) is 50.7 Å². The number of allylic oxidation sites excluding steroid dienone is 6. The largest absolute Gasteiger partial charge is 1.00 e. The number of methoxy groups -OCH3 is 2. The van der Waals surface area contributed by atoms with E-state index in [1.807, 2.05) is 0 Å². The number of benzene rings is 2. The summed E-state index contributed by atoms with van der Waals surface area (Å²) in [5, 5.41) is 28.4. The van der Waals surface area contributed by atoms with Gasteiger partial charge in [-0.15, -0.1) is 0 Å². The van der Waals surface area contributed by atoms with Crippen LogP contribution in [0.5, 0.6) is 11.5 Å². The topological polar surface area (TPSA) is 182 Å². The normalized spacial score (nSPS) is 18.4. The van der Waals surface area contributed by atoms with Crippen LogP contribution in [0, 0.1) is 0 Å². The van der Waals surface area contributed by atoms with Crippen molar-refractivity contribution in [1.29, 1.82) is 0 Å². The molecule has 0 saturated carbocycles. The molecule has 2 aromatic rings. The molecule has 0 unspecified atom stereocenters. The SMILES string of the molecule is COC1=CC(=O)/C(=N\Nc2cc(N3CCCC3=O)ccc2O)C=C1Cl.COC1=CC(=O)/C(=N\Nc2cc(N3CCCC3=O)ccc2O)C=C1Cl.[Co].[Na+]. The number of nitrogens with zero attached hydrogens (tertiary/aromatic N) is 4. The van der Waals surface area contributed by atoms with Crippen molar-refractivity contribution in [2.24, 2.45) is 10.2 Å². The van der Waals surface area contributed by atoms with Gasteiger partial charge in [-0.2, -0.15) is 10.2 Å². The number of ketones is 2. The summed E-state index contributed by atoms with van der Waals surface area (Å²) in [5.41, 5.74) is 7.34. The number of hydrogen-bond donors (Lipinski definition) is 4. The molecule has 269 valence electrons. The summed E-state index contributed by atoms with van der Waals surface area (Å²) in [6, 6.07) is 9.48. The fourth-order valence-electron chi connectivity index (χ4n) is 5.18. The van der Waals surface area contributed by atoms with Gasteiger partial charge in [0.05, 0.1) is 35.7 Å². The number of anilines is 4. The molecule has 0 bridgehead atoms. The number of rotatable bonds is 8. The quantitative estimate of drug-likeness (QED) is 0.134. The van der Waals surface area contributed by atoms with E-state index in [1.54, 1.807) is 34.1 Å². The molecule has 0 atom stereocenters. The minimum Gasteiger partial charge on any atom is -0.506 e. The van der Waals surface area contributed by atoms with Gasteiger partial charge in [0.1, 0.15) is 34.4 Å². The van der Waals surface area contributed by atoms with Gasteiger partial charge in [-0.3, -0.25) is 30.0 Å². The summed E-state index contributed by atoms with van der Waals surface area (Å²) in [4.78, 5) is 51.0. The third-order valence-electron chi connectivity index (χ3n) is 7.79. The molecule has 2 fully saturated rings. The number of hydrazone groups is 2. The van der Waals surface area contributed by atoms with Crippen molar-refractivity contribution in [3.63, 3.8) is 0 Å². The Labute approximate surface area is 341 Å². The third-order valence-corrected chi connectivity index (χ3v) is 8.38. The number of phenols is 2. The average Bonchev–Trinajstić information content (AvgIpc) is 3.74. The van der Waals surface area contributed by atoms with Gasteiger partial charge in [-0.05, 0) is 61.4 Å². The Morgan fingerprint density at radius 2 is 1.06 bits per heavy atom. The number of amides is 2. The first-order valence-electron chi connectivity index (χ1n) is 15.3. The molecule has 1 radical (unpaired) electrons. The van der Waals surface area contributed by atoms with Crippen molar-refractivity contribution in [3.05, 3.63) is 82.3 Å². The van der Waals surface area contributed by atoms with Gasteiger partial charge in [0.25, 0.3) is 0 Å². The van der Waals surface area contributed by atoms with Gasteiger partial charge < -0.3 is 29.5 Å². The van der Waals surface area contributed by atoms with E-state index in [2.05, 4.69) is 21.1 Å². The first-order valence-corrected chi connectivity index (χ1v) is 16.0. The second-order valence-electron chi connectivity index (χ2n) is 11.1. The minimum absolute atomic E-state index is 0. The fraction of sp³-hybridized carbons (Fsp3) is 0.235. The first kappa shape index (κ1) is 42.3. The summed E-state index contributed by atoms with van der Waals surface area (Å²) < 4.78 is 9.95. The van der Waals surface area contributed by atoms with Crippen LogP contribution < -0.4 is 50.2 Å². The summed E-state index contributed by atoms with van der Waals surface area (Å²) in [6.07, 6.45) is 7.86. The second-order valence-corrected chi connectivity index (χ2v) is 11.9. The zero-order chi connectivity index (χ0) is 35.9. The van der Waals surface area contributed by atoms with Gasteiger partial charge in [-0.1, -0.05) is 23.2 Å². The fourth-order valence-corrected chi connectivity index (χ4v) is 5.65.